The quantitative estimate of drug-likeness (QED) is 0.812. The molecule has 120 valence electrons. The fourth-order valence-corrected chi connectivity index (χ4v) is 2.11. The van der Waals surface area contributed by atoms with Crippen LogP contribution in [0.25, 0.3) is 0 Å². The lowest BCUT2D eigenvalue weighted by Crippen LogP contribution is -2.45. The summed E-state index contributed by atoms with van der Waals surface area (Å²) < 4.78 is 18.7. The van der Waals surface area contributed by atoms with Crippen LogP contribution >= 0.6 is 12.4 Å². The molecule has 0 radical (unpaired) electrons. The molecule has 6 heteroatoms. The maximum Gasteiger partial charge on any atom is 0.227 e. The third-order valence-electron chi connectivity index (χ3n) is 3.93. The fraction of sp³-hybridized carbons (Fsp3) is 0.533. The van der Waals surface area contributed by atoms with Crippen LogP contribution in [0.15, 0.2) is 18.2 Å². The Morgan fingerprint density at radius 1 is 1.38 bits per heavy atom. The second kappa shape index (κ2) is 8.85. The van der Waals surface area contributed by atoms with Crippen molar-refractivity contribution in [2.45, 2.75) is 33.2 Å². The van der Waals surface area contributed by atoms with Crippen molar-refractivity contribution in [3.05, 3.63) is 29.6 Å². The zero-order valence-electron chi connectivity index (χ0n) is 12.7. The van der Waals surface area contributed by atoms with Crippen molar-refractivity contribution in [2.75, 3.05) is 13.7 Å². The first-order chi connectivity index (χ1) is 9.52. The highest BCUT2D eigenvalue weighted by atomic mass is 35.5. The average Bonchev–Trinajstić information content (AvgIpc) is 2.48. The van der Waals surface area contributed by atoms with Crippen LogP contribution in [0.5, 0.6) is 5.75 Å². The average molecular weight is 319 g/mol. The molecule has 0 bridgehead atoms. The van der Waals surface area contributed by atoms with Crippen molar-refractivity contribution in [3.63, 3.8) is 0 Å². The Labute approximate surface area is 131 Å². The molecule has 0 heterocycles. The van der Waals surface area contributed by atoms with Gasteiger partial charge in [0.05, 0.1) is 12.5 Å². The molecule has 0 aromatic heterocycles. The van der Waals surface area contributed by atoms with Gasteiger partial charge in [-0.05, 0) is 18.9 Å². The van der Waals surface area contributed by atoms with E-state index in [1.807, 2.05) is 13.8 Å². The van der Waals surface area contributed by atoms with E-state index in [9.17, 15) is 9.18 Å². The number of nitrogens with two attached hydrogens (primary N) is 1. The monoisotopic (exact) mass is 318 g/mol. The van der Waals surface area contributed by atoms with E-state index in [1.54, 1.807) is 12.1 Å². The number of amides is 1. The molecular weight excluding hydrogens is 295 g/mol. The number of hydrogen-bond donors (Lipinski definition) is 2. The number of halogens is 2. The molecule has 0 saturated carbocycles. The summed E-state index contributed by atoms with van der Waals surface area (Å²) in [5, 5.41) is 2.77. The van der Waals surface area contributed by atoms with Crippen molar-refractivity contribution >= 4 is 18.3 Å². The predicted octanol–water partition coefficient (Wildman–Crippen LogP) is 2.64. The molecule has 0 spiro atoms. The smallest absolute Gasteiger partial charge is 0.227 e. The Bertz CT molecular complexity index is 457. The van der Waals surface area contributed by atoms with Gasteiger partial charge in [-0.15, -0.1) is 12.4 Å². The van der Waals surface area contributed by atoms with E-state index < -0.39 is 11.2 Å². The van der Waals surface area contributed by atoms with Crippen LogP contribution in [0.1, 0.15) is 32.3 Å². The standard InChI is InChI=1S/C15H23FN2O2.ClH/c1-4-15(5-2,10-17)14(19)18-9-11-6-7-12(20-3)8-13(11)16;/h6-8H,4-5,9-10,17H2,1-3H3,(H,18,19);1H. The van der Waals surface area contributed by atoms with Gasteiger partial charge < -0.3 is 15.8 Å². The Balaban J connectivity index is 0.00000400. The number of rotatable bonds is 7. The second-order valence-corrected chi connectivity index (χ2v) is 4.83. The van der Waals surface area contributed by atoms with Gasteiger partial charge in [-0.1, -0.05) is 19.9 Å². The lowest BCUT2D eigenvalue weighted by atomic mass is 9.81. The Morgan fingerprint density at radius 2 is 2.00 bits per heavy atom. The van der Waals surface area contributed by atoms with Crippen LogP contribution in [-0.4, -0.2) is 19.6 Å². The van der Waals surface area contributed by atoms with Crippen LogP contribution in [0.4, 0.5) is 4.39 Å². The molecule has 0 saturated heterocycles. The predicted molar refractivity (Wildman–Crippen MR) is 84.1 cm³/mol. The lowest BCUT2D eigenvalue weighted by molar-refractivity contribution is -0.131. The molecule has 1 aromatic carbocycles. The van der Waals surface area contributed by atoms with Crippen molar-refractivity contribution in [1.82, 2.24) is 5.32 Å². The molecule has 4 nitrogen and oxygen atoms in total. The highest BCUT2D eigenvalue weighted by Crippen LogP contribution is 2.25. The second-order valence-electron chi connectivity index (χ2n) is 4.83. The third kappa shape index (κ3) is 4.58. The van der Waals surface area contributed by atoms with Gasteiger partial charge in [0.1, 0.15) is 11.6 Å². The van der Waals surface area contributed by atoms with Gasteiger partial charge in [0.2, 0.25) is 5.91 Å². The molecule has 0 aliphatic rings. The number of benzene rings is 1. The molecule has 1 aromatic rings. The topological polar surface area (TPSA) is 64.4 Å². The lowest BCUT2D eigenvalue weighted by Gasteiger charge is -2.28. The summed E-state index contributed by atoms with van der Waals surface area (Å²) in [7, 11) is 1.48. The van der Waals surface area contributed by atoms with Gasteiger partial charge >= 0.3 is 0 Å². The van der Waals surface area contributed by atoms with E-state index in [0.29, 0.717) is 24.2 Å². The van der Waals surface area contributed by atoms with E-state index in [2.05, 4.69) is 5.32 Å². The number of nitrogens with one attached hydrogen (secondary N) is 1. The number of hydrogen-bond acceptors (Lipinski definition) is 3. The van der Waals surface area contributed by atoms with E-state index >= 15 is 0 Å². The largest absolute Gasteiger partial charge is 0.497 e. The summed E-state index contributed by atoms with van der Waals surface area (Å²) in [6.45, 7) is 4.31. The fourth-order valence-electron chi connectivity index (χ4n) is 2.11. The summed E-state index contributed by atoms with van der Waals surface area (Å²) >= 11 is 0. The van der Waals surface area contributed by atoms with E-state index in [1.165, 1.54) is 13.2 Å². The first-order valence-electron chi connectivity index (χ1n) is 6.83. The normalized spacial score (nSPS) is 10.7. The summed E-state index contributed by atoms with van der Waals surface area (Å²) in [6.07, 6.45) is 1.33. The minimum Gasteiger partial charge on any atom is -0.497 e. The SMILES string of the molecule is CCC(CC)(CN)C(=O)NCc1ccc(OC)cc1F.Cl. The molecule has 0 aliphatic heterocycles. The Kier molecular flexibility index (Phi) is 8.29. The minimum absolute atomic E-state index is 0. The van der Waals surface area contributed by atoms with Crippen LogP contribution in [0.3, 0.4) is 0 Å². The Hall–Kier alpha value is -1.33. The number of ether oxygens (including phenoxy) is 1. The minimum atomic E-state index is -0.567. The molecule has 21 heavy (non-hydrogen) atoms. The van der Waals surface area contributed by atoms with E-state index in [0.717, 1.165) is 0 Å². The summed E-state index contributed by atoms with van der Waals surface area (Å²) in [4.78, 5) is 12.2. The molecule has 1 rings (SSSR count). The highest BCUT2D eigenvalue weighted by molar-refractivity contribution is 5.85. The highest BCUT2D eigenvalue weighted by Gasteiger charge is 2.33. The number of carbonyl (C=O) groups is 1. The first kappa shape index (κ1) is 19.7. The summed E-state index contributed by atoms with van der Waals surface area (Å²) in [6, 6.07) is 4.58. The summed E-state index contributed by atoms with van der Waals surface area (Å²) in [5.41, 5.74) is 5.58. The molecule has 1 amide bonds. The maximum absolute atomic E-state index is 13.8. The molecule has 3 N–H and O–H groups in total. The zero-order chi connectivity index (χ0) is 15.2. The van der Waals surface area contributed by atoms with Gasteiger partial charge in [0, 0.05) is 24.7 Å². The van der Waals surface area contributed by atoms with Crippen molar-refractivity contribution in [2.24, 2.45) is 11.1 Å². The van der Waals surface area contributed by atoms with Crippen LogP contribution < -0.4 is 15.8 Å². The molecule has 0 aliphatic carbocycles. The summed E-state index contributed by atoms with van der Waals surface area (Å²) in [5.74, 6) is -0.0628. The van der Waals surface area contributed by atoms with Crippen molar-refractivity contribution in [1.29, 1.82) is 0 Å². The van der Waals surface area contributed by atoms with Crippen LogP contribution in [0.2, 0.25) is 0 Å². The first-order valence-corrected chi connectivity index (χ1v) is 6.83. The van der Waals surface area contributed by atoms with Crippen LogP contribution in [-0.2, 0) is 11.3 Å². The van der Waals surface area contributed by atoms with Gasteiger partial charge in [0.25, 0.3) is 0 Å². The van der Waals surface area contributed by atoms with Crippen molar-refractivity contribution < 1.29 is 13.9 Å². The zero-order valence-corrected chi connectivity index (χ0v) is 13.6. The van der Waals surface area contributed by atoms with E-state index in [4.69, 9.17) is 10.5 Å². The Morgan fingerprint density at radius 3 is 2.43 bits per heavy atom. The number of carbonyl (C=O) groups excluding carboxylic acids is 1. The van der Waals surface area contributed by atoms with Gasteiger partial charge in [-0.25, -0.2) is 4.39 Å². The van der Waals surface area contributed by atoms with Crippen molar-refractivity contribution in [3.8, 4) is 5.75 Å². The van der Waals surface area contributed by atoms with Crippen LogP contribution in [0, 0.1) is 11.2 Å². The third-order valence-corrected chi connectivity index (χ3v) is 3.93. The molecular formula is C15H24ClFN2O2. The maximum atomic E-state index is 13.8. The number of methoxy groups -OCH3 is 1. The molecule has 0 unspecified atom stereocenters. The van der Waals surface area contributed by atoms with Gasteiger partial charge in [-0.2, -0.15) is 0 Å². The van der Waals surface area contributed by atoms with Gasteiger partial charge in [0.15, 0.2) is 0 Å². The van der Waals surface area contributed by atoms with E-state index in [-0.39, 0.29) is 31.4 Å². The molecule has 0 fully saturated rings. The van der Waals surface area contributed by atoms with Gasteiger partial charge in [-0.3, -0.25) is 4.79 Å². The molecule has 0 atom stereocenters.